The van der Waals surface area contributed by atoms with Crippen LogP contribution in [0, 0.1) is 11.8 Å². The number of hydrogen-bond acceptors (Lipinski definition) is 6. The van der Waals surface area contributed by atoms with Gasteiger partial charge in [0.2, 0.25) is 11.8 Å². The third-order valence-corrected chi connectivity index (χ3v) is 5.40. The zero-order chi connectivity index (χ0) is 26.2. The molecule has 6 N–H and O–H groups in total. The van der Waals surface area contributed by atoms with Crippen LogP contribution in [0.2, 0.25) is 0 Å². The first kappa shape index (κ1) is 30.1. The zero-order valence-corrected chi connectivity index (χ0v) is 21.0. The van der Waals surface area contributed by atoms with Crippen LogP contribution in [0.1, 0.15) is 58.4 Å². The van der Waals surface area contributed by atoms with Crippen LogP contribution in [0.25, 0.3) is 0 Å². The number of aliphatic hydroxyl groups excluding tert-OH is 1. The molecule has 0 spiro atoms. The van der Waals surface area contributed by atoms with Gasteiger partial charge in [-0.05, 0) is 42.9 Å². The van der Waals surface area contributed by atoms with E-state index in [0.717, 1.165) is 6.42 Å². The molecular formula is C25H40N4O6. The van der Waals surface area contributed by atoms with E-state index in [4.69, 9.17) is 10.5 Å². The molecule has 1 aromatic rings. The smallest absolute Gasteiger partial charge is 0.312 e. The molecule has 4 amide bonds. The van der Waals surface area contributed by atoms with Gasteiger partial charge >= 0.3 is 6.03 Å². The van der Waals surface area contributed by atoms with E-state index in [1.54, 1.807) is 24.3 Å². The molecule has 0 saturated carbocycles. The molecule has 0 radical (unpaired) electrons. The molecule has 0 bridgehead atoms. The maximum atomic E-state index is 13.1. The average molecular weight is 493 g/mol. The summed E-state index contributed by atoms with van der Waals surface area (Å²) in [5, 5.41) is 17.3. The first-order valence-corrected chi connectivity index (χ1v) is 12.1. The minimum Gasteiger partial charge on any atom is -0.392 e. The first-order valence-electron chi connectivity index (χ1n) is 12.1. The number of ketones is 1. The lowest BCUT2D eigenvalue weighted by Crippen LogP contribution is -2.45. The van der Waals surface area contributed by atoms with Crippen LogP contribution in [0.5, 0.6) is 0 Å². The molecule has 0 saturated heterocycles. The molecule has 0 aromatic heterocycles. The number of Topliss-reactive ketones (excluding diaryl/α,β-unsaturated/α-hetero) is 1. The molecule has 0 aliphatic carbocycles. The second kappa shape index (κ2) is 16.6. The number of primary amides is 1. The average Bonchev–Trinajstić information content (AvgIpc) is 2.82. The van der Waals surface area contributed by atoms with Gasteiger partial charge in [-0.15, -0.1) is 0 Å². The van der Waals surface area contributed by atoms with E-state index in [-0.39, 0.29) is 56.1 Å². The number of anilines is 1. The maximum absolute atomic E-state index is 13.1. The van der Waals surface area contributed by atoms with E-state index >= 15 is 0 Å². The van der Waals surface area contributed by atoms with Gasteiger partial charge < -0.3 is 31.5 Å². The number of carbonyl (C=O) groups is 4. The summed E-state index contributed by atoms with van der Waals surface area (Å²) >= 11 is 0. The number of benzene rings is 1. The fourth-order valence-corrected chi connectivity index (χ4v) is 3.47. The highest BCUT2D eigenvalue weighted by molar-refractivity contribution is 5.97. The zero-order valence-electron chi connectivity index (χ0n) is 21.0. The molecular weight excluding hydrogens is 452 g/mol. The van der Waals surface area contributed by atoms with E-state index in [1.165, 1.54) is 0 Å². The molecule has 2 atom stereocenters. The van der Waals surface area contributed by atoms with Crippen LogP contribution in [0.15, 0.2) is 24.3 Å². The van der Waals surface area contributed by atoms with Gasteiger partial charge in [-0.1, -0.05) is 32.9 Å². The van der Waals surface area contributed by atoms with Crippen molar-refractivity contribution in [1.82, 2.24) is 10.6 Å². The van der Waals surface area contributed by atoms with Crippen LogP contribution in [0.3, 0.4) is 0 Å². The Bertz CT molecular complexity index is 813. The molecule has 196 valence electrons. The Kier molecular flexibility index (Phi) is 14.3. The van der Waals surface area contributed by atoms with Crippen molar-refractivity contribution < 1.29 is 29.0 Å². The Hall–Kier alpha value is -2.98. The number of amides is 4. The van der Waals surface area contributed by atoms with Crippen LogP contribution >= 0.6 is 0 Å². The predicted octanol–water partition coefficient (Wildman–Crippen LogP) is 2.10. The second-order valence-electron chi connectivity index (χ2n) is 8.80. The molecule has 1 aromatic carbocycles. The van der Waals surface area contributed by atoms with Crippen LogP contribution in [-0.4, -0.2) is 54.5 Å². The summed E-state index contributed by atoms with van der Waals surface area (Å²) in [6, 6.07) is 5.36. The monoisotopic (exact) mass is 492 g/mol. The fraction of sp³-hybridized carbons (Fsp3) is 0.600. The van der Waals surface area contributed by atoms with Crippen molar-refractivity contribution in [3.8, 4) is 0 Å². The largest absolute Gasteiger partial charge is 0.392 e. The van der Waals surface area contributed by atoms with Crippen molar-refractivity contribution in [2.45, 2.75) is 65.5 Å². The Morgan fingerprint density at radius 3 is 2.34 bits per heavy atom. The van der Waals surface area contributed by atoms with Gasteiger partial charge in [0.25, 0.3) is 0 Å². The summed E-state index contributed by atoms with van der Waals surface area (Å²) in [7, 11) is 0. The fourth-order valence-electron chi connectivity index (χ4n) is 3.47. The summed E-state index contributed by atoms with van der Waals surface area (Å²) in [4.78, 5) is 49.4. The van der Waals surface area contributed by atoms with E-state index in [9.17, 15) is 24.3 Å². The van der Waals surface area contributed by atoms with E-state index in [1.807, 2.05) is 20.8 Å². The lowest BCUT2D eigenvalue weighted by atomic mass is 9.89. The Morgan fingerprint density at radius 1 is 1.09 bits per heavy atom. The number of hydrogen-bond donors (Lipinski definition) is 5. The molecule has 35 heavy (non-hydrogen) atoms. The van der Waals surface area contributed by atoms with Gasteiger partial charge in [-0.25, -0.2) is 4.79 Å². The topological polar surface area (TPSA) is 160 Å². The molecule has 1 rings (SSSR count). The Morgan fingerprint density at radius 2 is 1.77 bits per heavy atom. The number of urea groups is 1. The summed E-state index contributed by atoms with van der Waals surface area (Å²) < 4.78 is 5.34. The Balaban J connectivity index is 2.84. The first-order chi connectivity index (χ1) is 16.7. The molecule has 0 aliphatic heterocycles. The number of rotatable bonds is 17. The molecule has 10 nitrogen and oxygen atoms in total. The molecule has 0 unspecified atom stereocenters. The minimum absolute atomic E-state index is 0.0629. The summed E-state index contributed by atoms with van der Waals surface area (Å²) in [6.45, 7) is 6.69. The summed E-state index contributed by atoms with van der Waals surface area (Å²) in [6.07, 6.45) is 1.75. The molecule has 10 heteroatoms. The van der Waals surface area contributed by atoms with Crippen molar-refractivity contribution >= 4 is 29.3 Å². The van der Waals surface area contributed by atoms with Gasteiger partial charge in [0.1, 0.15) is 0 Å². The van der Waals surface area contributed by atoms with Crippen molar-refractivity contribution in [3.05, 3.63) is 29.8 Å². The number of nitrogens with two attached hydrogens (primary N) is 1. The minimum atomic E-state index is -0.725. The van der Waals surface area contributed by atoms with E-state index < -0.39 is 18.0 Å². The number of carbonyl (C=O) groups excluding carboxylic acids is 4. The lowest BCUT2D eigenvalue weighted by molar-refractivity contribution is -0.131. The van der Waals surface area contributed by atoms with Gasteiger partial charge in [0.15, 0.2) is 5.78 Å². The molecule has 0 fully saturated rings. The van der Waals surface area contributed by atoms with Gasteiger partial charge in [-0.2, -0.15) is 0 Å². The van der Waals surface area contributed by atoms with Crippen molar-refractivity contribution in [2.24, 2.45) is 17.6 Å². The summed E-state index contributed by atoms with van der Waals surface area (Å²) in [5.41, 5.74) is 6.35. The standard InChI is InChI=1S/C25H40N4O6/c1-4-13-35-14-11-22(32)29-23(17(2)3)21(31)15-19(6-5-12-27-25(26)34)24(33)28-20-9-7-18(16-30)8-10-20/h7-10,17,19,23,30H,4-6,11-16H2,1-3H3,(H,28,33)(H,29,32)(H3,26,27,34)/t19-,23+/m1/s1. The summed E-state index contributed by atoms with van der Waals surface area (Å²) in [5.74, 6) is -1.67. The highest BCUT2D eigenvalue weighted by Gasteiger charge is 2.29. The third kappa shape index (κ3) is 12.3. The highest BCUT2D eigenvalue weighted by atomic mass is 16.5. The SMILES string of the molecule is CCCOCCC(=O)N[C@H](C(=O)C[C@@H](CCCNC(N)=O)C(=O)Nc1ccc(CO)cc1)C(C)C. The van der Waals surface area contributed by atoms with Crippen LogP contribution < -0.4 is 21.7 Å². The Labute approximate surface area is 207 Å². The molecule has 0 heterocycles. The van der Waals surface area contributed by atoms with Crippen molar-refractivity contribution in [2.75, 3.05) is 25.1 Å². The normalized spacial score (nSPS) is 12.6. The lowest BCUT2D eigenvalue weighted by Gasteiger charge is -2.24. The predicted molar refractivity (Wildman–Crippen MR) is 133 cm³/mol. The van der Waals surface area contributed by atoms with Gasteiger partial charge in [0, 0.05) is 37.6 Å². The van der Waals surface area contributed by atoms with E-state index in [2.05, 4.69) is 16.0 Å². The third-order valence-electron chi connectivity index (χ3n) is 5.40. The quantitative estimate of drug-likeness (QED) is 0.209. The van der Waals surface area contributed by atoms with Gasteiger partial charge in [0.05, 0.1) is 19.3 Å². The van der Waals surface area contributed by atoms with Crippen LogP contribution in [-0.2, 0) is 25.7 Å². The van der Waals surface area contributed by atoms with E-state index in [0.29, 0.717) is 30.7 Å². The highest BCUT2D eigenvalue weighted by Crippen LogP contribution is 2.19. The number of ether oxygens (including phenoxy) is 1. The number of aliphatic hydroxyl groups is 1. The number of nitrogens with one attached hydrogen (secondary N) is 3. The van der Waals surface area contributed by atoms with Crippen molar-refractivity contribution in [1.29, 1.82) is 0 Å². The van der Waals surface area contributed by atoms with Crippen LogP contribution in [0.4, 0.5) is 10.5 Å². The maximum Gasteiger partial charge on any atom is 0.312 e. The molecule has 0 aliphatic rings. The van der Waals surface area contributed by atoms with Crippen molar-refractivity contribution in [3.63, 3.8) is 0 Å². The second-order valence-corrected chi connectivity index (χ2v) is 8.80. The van der Waals surface area contributed by atoms with Gasteiger partial charge in [-0.3, -0.25) is 14.4 Å².